The average Bonchev–Trinajstić information content (AvgIpc) is 2.32. The summed E-state index contributed by atoms with van der Waals surface area (Å²) in [4.78, 5) is 4.10. The number of aromatic nitrogens is 1. The number of aryl methyl sites for hydroxylation is 1. The molecule has 0 aliphatic carbocycles. The zero-order valence-electron chi connectivity index (χ0n) is 9.67. The van der Waals surface area contributed by atoms with Gasteiger partial charge < -0.3 is 5.32 Å². The maximum atomic E-state index is 6.02. The summed E-state index contributed by atoms with van der Waals surface area (Å²) in [6.07, 6.45) is 1.74. The van der Waals surface area contributed by atoms with Crippen molar-refractivity contribution in [3.05, 3.63) is 56.2 Å². The predicted octanol–water partition coefficient (Wildman–Crippen LogP) is 5.07. The van der Waals surface area contributed by atoms with Crippen LogP contribution in [0, 0.1) is 6.92 Å². The molecule has 18 heavy (non-hydrogen) atoms. The Bertz CT molecular complexity index is 573. The van der Waals surface area contributed by atoms with Gasteiger partial charge in [0.1, 0.15) is 0 Å². The van der Waals surface area contributed by atoms with Crippen LogP contribution in [0.3, 0.4) is 0 Å². The van der Waals surface area contributed by atoms with Crippen LogP contribution in [0.2, 0.25) is 10.2 Å². The van der Waals surface area contributed by atoms with Crippen molar-refractivity contribution in [1.29, 1.82) is 0 Å². The maximum absolute atomic E-state index is 6.02. The molecule has 0 saturated carbocycles. The van der Waals surface area contributed by atoms with Gasteiger partial charge in [-0.3, -0.25) is 0 Å². The number of halogens is 3. The van der Waals surface area contributed by atoms with E-state index in [1.165, 1.54) is 0 Å². The highest BCUT2D eigenvalue weighted by Gasteiger charge is 2.04. The molecule has 1 heterocycles. The number of hydrogen-bond donors (Lipinski definition) is 1. The molecule has 2 rings (SSSR count). The summed E-state index contributed by atoms with van der Waals surface area (Å²) in [5, 5.41) is 4.45. The van der Waals surface area contributed by atoms with E-state index in [-0.39, 0.29) is 0 Å². The third kappa shape index (κ3) is 3.37. The number of benzene rings is 1. The first kappa shape index (κ1) is 13.7. The average molecular weight is 346 g/mol. The minimum Gasteiger partial charge on any atom is -0.378 e. The van der Waals surface area contributed by atoms with Crippen molar-refractivity contribution >= 4 is 44.8 Å². The summed E-state index contributed by atoms with van der Waals surface area (Å²) in [5.41, 5.74) is 3.01. The molecule has 0 saturated heterocycles. The third-order valence-electron chi connectivity index (χ3n) is 2.46. The molecule has 0 atom stereocenters. The Labute approximate surface area is 124 Å². The van der Waals surface area contributed by atoms with Crippen LogP contribution in [0.4, 0.5) is 5.69 Å². The fourth-order valence-corrected chi connectivity index (χ4v) is 2.53. The lowest BCUT2D eigenvalue weighted by molar-refractivity contribution is 1.12. The second kappa shape index (κ2) is 5.91. The number of rotatable bonds is 3. The molecule has 2 aromatic rings. The topological polar surface area (TPSA) is 24.9 Å². The van der Waals surface area contributed by atoms with Crippen LogP contribution in [-0.2, 0) is 6.54 Å². The fourth-order valence-electron chi connectivity index (χ4n) is 1.53. The minimum absolute atomic E-state index is 0.477. The van der Waals surface area contributed by atoms with Gasteiger partial charge in [-0.25, -0.2) is 4.98 Å². The molecule has 0 spiro atoms. The zero-order valence-corrected chi connectivity index (χ0v) is 12.8. The Morgan fingerprint density at radius 3 is 2.78 bits per heavy atom. The number of anilines is 1. The lowest BCUT2D eigenvalue weighted by Crippen LogP contribution is -2.01. The van der Waals surface area contributed by atoms with Crippen molar-refractivity contribution < 1.29 is 0 Å². The quantitative estimate of drug-likeness (QED) is 0.785. The molecule has 1 aromatic heterocycles. The molecule has 0 radical (unpaired) electrons. The predicted molar refractivity (Wildman–Crippen MR) is 80.5 cm³/mol. The van der Waals surface area contributed by atoms with Crippen LogP contribution < -0.4 is 5.32 Å². The van der Waals surface area contributed by atoms with Gasteiger partial charge in [0.05, 0.1) is 5.69 Å². The lowest BCUT2D eigenvalue weighted by atomic mass is 10.2. The first-order valence-electron chi connectivity index (χ1n) is 5.36. The first-order chi connectivity index (χ1) is 8.56. The van der Waals surface area contributed by atoms with Gasteiger partial charge in [-0.2, -0.15) is 0 Å². The fraction of sp³-hybridized carbons (Fsp3) is 0.154. The summed E-state index contributed by atoms with van der Waals surface area (Å²) in [6, 6.07) is 7.67. The van der Waals surface area contributed by atoms with Crippen molar-refractivity contribution in [1.82, 2.24) is 4.98 Å². The van der Waals surface area contributed by atoms with E-state index in [1.807, 2.05) is 31.2 Å². The normalized spacial score (nSPS) is 10.4. The van der Waals surface area contributed by atoms with Crippen molar-refractivity contribution in [2.45, 2.75) is 13.5 Å². The van der Waals surface area contributed by atoms with Crippen LogP contribution in [0.15, 0.2) is 34.9 Å². The second-order valence-corrected chi connectivity index (χ2v) is 5.59. The SMILES string of the molecule is Cc1cnc(Cl)c(NCc2ccc(Cl)cc2Br)c1. The van der Waals surface area contributed by atoms with Crippen LogP contribution in [0.5, 0.6) is 0 Å². The van der Waals surface area contributed by atoms with Crippen LogP contribution in [0.1, 0.15) is 11.1 Å². The lowest BCUT2D eigenvalue weighted by Gasteiger charge is -2.10. The molecule has 94 valence electrons. The van der Waals surface area contributed by atoms with E-state index in [0.29, 0.717) is 16.7 Å². The van der Waals surface area contributed by atoms with E-state index in [1.54, 1.807) is 6.20 Å². The third-order valence-corrected chi connectivity index (χ3v) is 3.73. The molecule has 0 unspecified atom stereocenters. The Kier molecular flexibility index (Phi) is 4.49. The summed E-state index contributed by atoms with van der Waals surface area (Å²) >= 11 is 15.4. The van der Waals surface area contributed by atoms with Gasteiger partial charge in [0, 0.05) is 22.2 Å². The van der Waals surface area contributed by atoms with E-state index in [4.69, 9.17) is 23.2 Å². The number of hydrogen-bond acceptors (Lipinski definition) is 2. The van der Waals surface area contributed by atoms with Crippen LogP contribution in [-0.4, -0.2) is 4.98 Å². The Morgan fingerprint density at radius 1 is 1.28 bits per heavy atom. The van der Waals surface area contributed by atoms with Crippen LogP contribution in [0.25, 0.3) is 0 Å². The highest BCUT2D eigenvalue weighted by atomic mass is 79.9. The van der Waals surface area contributed by atoms with Crippen molar-refractivity contribution in [3.63, 3.8) is 0 Å². The van der Waals surface area contributed by atoms with Gasteiger partial charge in [-0.05, 0) is 36.2 Å². The number of nitrogens with zero attached hydrogens (tertiary/aromatic N) is 1. The van der Waals surface area contributed by atoms with Crippen molar-refractivity contribution in [3.8, 4) is 0 Å². The van der Waals surface area contributed by atoms with Gasteiger partial charge in [-0.1, -0.05) is 45.2 Å². The van der Waals surface area contributed by atoms with E-state index >= 15 is 0 Å². The summed E-state index contributed by atoms with van der Waals surface area (Å²) in [5.74, 6) is 0. The van der Waals surface area contributed by atoms with E-state index in [2.05, 4.69) is 26.2 Å². The standard InChI is InChI=1S/C13H11BrCl2N2/c1-8-4-12(13(16)18-6-8)17-7-9-2-3-10(15)5-11(9)14/h2-6,17H,7H2,1H3. The molecule has 0 amide bonds. The number of nitrogens with one attached hydrogen (secondary N) is 1. The molecular weight excluding hydrogens is 335 g/mol. The van der Waals surface area contributed by atoms with Gasteiger partial charge in [0.15, 0.2) is 5.15 Å². The molecule has 0 fully saturated rings. The molecule has 0 bridgehead atoms. The first-order valence-corrected chi connectivity index (χ1v) is 6.91. The molecule has 2 nitrogen and oxygen atoms in total. The molecule has 1 aromatic carbocycles. The molecule has 1 N–H and O–H groups in total. The Morgan fingerprint density at radius 2 is 2.06 bits per heavy atom. The Hall–Kier alpha value is -0.770. The molecule has 5 heteroatoms. The van der Waals surface area contributed by atoms with Gasteiger partial charge in [0.25, 0.3) is 0 Å². The van der Waals surface area contributed by atoms with E-state index in [9.17, 15) is 0 Å². The minimum atomic E-state index is 0.477. The van der Waals surface area contributed by atoms with Crippen LogP contribution >= 0.6 is 39.1 Å². The highest BCUT2D eigenvalue weighted by Crippen LogP contribution is 2.24. The molecule has 0 aliphatic rings. The smallest absolute Gasteiger partial charge is 0.152 e. The summed E-state index contributed by atoms with van der Waals surface area (Å²) in [7, 11) is 0. The van der Waals surface area contributed by atoms with Gasteiger partial charge >= 0.3 is 0 Å². The molecule has 0 aliphatic heterocycles. The summed E-state index contributed by atoms with van der Waals surface area (Å²) in [6.45, 7) is 2.63. The van der Waals surface area contributed by atoms with Gasteiger partial charge in [0.2, 0.25) is 0 Å². The highest BCUT2D eigenvalue weighted by molar-refractivity contribution is 9.10. The number of pyridine rings is 1. The monoisotopic (exact) mass is 344 g/mol. The second-order valence-electron chi connectivity index (χ2n) is 3.94. The Balaban J connectivity index is 2.13. The van der Waals surface area contributed by atoms with Gasteiger partial charge in [-0.15, -0.1) is 0 Å². The largest absolute Gasteiger partial charge is 0.378 e. The van der Waals surface area contributed by atoms with E-state index < -0.39 is 0 Å². The van der Waals surface area contributed by atoms with Crippen molar-refractivity contribution in [2.24, 2.45) is 0 Å². The molecular formula is C13H11BrCl2N2. The maximum Gasteiger partial charge on any atom is 0.152 e. The van der Waals surface area contributed by atoms with E-state index in [0.717, 1.165) is 21.3 Å². The van der Waals surface area contributed by atoms with Crippen molar-refractivity contribution in [2.75, 3.05) is 5.32 Å². The zero-order chi connectivity index (χ0) is 13.1. The summed E-state index contributed by atoms with van der Waals surface area (Å²) < 4.78 is 0.972.